The minimum absolute atomic E-state index is 0.579. The summed E-state index contributed by atoms with van der Waals surface area (Å²) in [4.78, 5) is 4.19. The summed E-state index contributed by atoms with van der Waals surface area (Å²) < 4.78 is 26.1. The first-order valence-corrected chi connectivity index (χ1v) is 6.08. The first-order valence-electron chi connectivity index (χ1n) is 6.08. The van der Waals surface area contributed by atoms with Gasteiger partial charge in [0.05, 0.1) is 11.6 Å². The Hall–Kier alpha value is -1.55. The van der Waals surface area contributed by atoms with E-state index >= 15 is 0 Å². The van der Waals surface area contributed by atoms with Crippen molar-refractivity contribution in [3.05, 3.63) is 42.1 Å². The molecule has 0 aliphatic rings. The fraction of sp³-hybridized carbons (Fsp3) is 0.357. The first-order chi connectivity index (χ1) is 8.72. The van der Waals surface area contributed by atoms with Gasteiger partial charge in [0.25, 0.3) is 6.43 Å². The summed E-state index contributed by atoms with van der Waals surface area (Å²) in [5, 5.41) is 3.83. The van der Waals surface area contributed by atoms with Gasteiger partial charge in [0.2, 0.25) is 0 Å². The van der Waals surface area contributed by atoms with Crippen molar-refractivity contribution >= 4 is 10.9 Å². The van der Waals surface area contributed by atoms with E-state index in [1.165, 1.54) is 0 Å². The van der Waals surface area contributed by atoms with E-state index in [-0.39, 0.29) is 0 Å². The zero-order valence-corrected chi connectivity index (χ0v) is 10.2. The van der Waals surface area contributed by atoms with E-state index in [2.05, 4.69) is 10.3 Å². The average molecular weight is 250 g/mol. The molecule has 4 heteroatoms. The molecule has 0 aliphatic carbocycles. The number of fused-ring (bicyclic) bond motifs is 1. The normalized spacial score (nSPS) is 13.1. The Morgan fingerprint density at radius 1 is 1.28 bits per heavy atom. The molecule has 2 nitrogen and oxygen atoms in total. The van der Waals surface area contributed by atoms with Gasteiger partial charge in [-0.15, -0.1) is 0 Å². The molecular formula is C14H16F2N2. The maximum absolute atomic E-state index is 13.0. The summed E-state index contributed by atoms with van der Waals surface area (Å²) >= 11 is 0. The van der Waals surface area contributed by atoms with E-state index in [1.807, 2.05) is 25.1 Å². The summed E-state index contributed by atoms with van der Waals surface area (Å²) in [7, 11) is 0. The highest BCUT2D eigenvalue weighted by Gasteiger charge is 2.21. The monoisotopic (exact) mass is 250 g/mol. The third kappa shape index (κ3) is 2.82. The van der Waals surface area contributed by atoms with Gasteiger partial charge in [-0.2, -0.15) is 0 Å². The number of nitrogens with one attached hydrogen (secondary N) is 1. The lowest BCUT2D eigenvalue weighted by Crippen LogP contribution is -2.27. The Morgan fingerprint density at radius 3 is 2.83 bits per heavy atom. The molecular weight excluding hydrogens is 234 g/mol. The molecule has 18 heavy (non-hydrogen) atoms. The predicted octanol–water partition coefficient (Wildman–Crippen LogP) is 3.54. The molecule has 0 aliphatic heterocycles. The Balaban J connectivity index is 2.32. The van der Waals surface area contributed by atoms with E-state index in [0.717, 1.165) is 17.3 Å². The van der Waals surface area contributed by atoms with Crippen LogP contribution in [-0.4, -0.2) is 18.0 Å². The van der Waals surface area contributed by atoms with Gasteiger partial charge in [0, 0.05) is 11.6 Å². The van der Waals surface area contributed by atoms with Crippen LogP contribution in [0, 0.1) is 0 Å². The van der Waals surface area contributed by atoms with Crippen LogP contribution in [0.3, 0.4) is 0 Å². The second-order valence-electron chi connectivity index (χ2n) is 4.22. The topological polar surface area (TPSA) is 24.9 Å². The summed E-state index contributed by atoms with van der Waals surface area (Å²) in [5.41, 5.74) is 1.34. The number of hydrogen-bond donors (Lipinski definition) is 1. The lowest BCUT2D eigenvalue weighted by molar-refractivity contribution is 0.0985. The molecule has 96 valence electrons. The molecule has 0 fully saturated rings. The van der Waals surface area contributed by atoms with Crippen LogP contribution >= 0.6 is 0 Å². The third-order valence-corrected chi connectivity index (χ3v) is 2.86. The number of nitrogens with zero attached hydrogens (tertiary/aromatic N) is 1. The Morgan fingerprint density at radius 2 is 2.11 bits per heavy atom. The predicted molar refractivity (Wildman–Crippen MR) is 68.8 cm³/mol. The maximum Gasteiger partial charge on any atom is 0.257 e. The van der Waals surface area contributed by atoms with Crippen LogP contribution in [0.15, 0.2) is 36.5 Å². The van der Waals surface area contributed by atoms with Gasteiger partial charge in [0.1, 0.15) is 0 Å². The van der Waals surface area contributed by atoms with Gasteiger partial charge in [0.15, 0.2) is 0 Å². The standard InChI is InChI=1S/C14H16F2N2/c1-2-7-18-13(14(15)16)11-6-5-10-4-3-8-17-12(10)9-11/h3-6,8-9,13-14,18H,2,7H2,1H3. The van der Waals surface area contributed by atoms with E-state index in [4.69, 9.17) is 0 Å². The van der Waals surface area contributed by atoms with Crippen molar-refractivity contribution in [3.63, 3.8) is 0 Å². The van der Waals surface area contributed by atoms with Gasteiger partial charge in [-0.3, -0.25) is 4.98 Å². The van der Waals surface area contributed by atoms with Gasteiger partial charge in [-0.1, -0.05) is 25.1 Å². The van der Waals surface area contributed by atoms with Crippen molar-refractivity contribution < 1.29 is 8.78 Å². The molecule has 0 saturated heterocycles. The molecule has 0 amide bonds. The molecule has 1 unspecified atom stereocenters. The molecule has 0 radical (unpaired) electrons. The Kier molecular flexibility index (Phi) is 4.20. The van der Waals surface area contributed by atoms with Crippen molar-refractivity contribution in [2.45, 2.75) is 25.8 Å². The second kappa shape index (κ2) is 5.87. The SMILES string of the molecule is CCCNC(c1ccc2cccnc2c1)C(F)F. The molecule has 0 saturated carbocycles. The molecule has 1 N–H and O–H groups in total. The summed E-state index contributed by atoms with van der Waals surface area (Å²) in [6, 6.07) is 8.14. The van der Waals surface area contributed by atoms with Crippen LogP contribution in [0.4, 0.5) is 8.78 Å². The Bertz CT molecular complexity index is 514. The van der Waals surface area contributed by atoms with Crippen LogP contribution < -0.4 is 5.32 Å². The van der Waals surface area contributed by atoms with Crippen LogP contribution in [0.5, 0.6) is 0 Å². The number of hydrogen-bond acceptors (Lipinski definition) is 2. The van der Waals surface area contributed by atoms with Crippen molar-refractivity contribution in [2.75, 3.05) is 6.54 Å². The average Bonchev–Trinajstić information content (AvgIpc) is 2.38. The lowest BCUT2D eigenvalue weighted by Gasteiger charge is -2.18. The fourth-order valence-corrected chi connectivity index (χ4v) is 1.93. The molecule has 1 heterocycles. The van der Waals surface area contributed by atoms with Crippen LogP contribution in [0.25, 0.3) is 10.9 Å². The molecule has 1 atom stereocenters. The number of rotatable bonds is 5. The van der Waals surface area contributed by atoms with Crippen molar-refractivity contribution in [1.29, 1.82) is 0 Å². The fourth-order valence-electron chi connectivity index (χ4n) is 1.93. The van der Waals surface area contributed by atoms with Crippen LogP contribution in [-0.2, 0) is 0 Å². The van der Waals surface area contributed by atoms with Gasteiger partial charge in [-0.05, 0) is 30.7 Å². The first kappa shape index (κ1) is 12.9. The highest BCUT2D eigenvalue weighted by atomic mass is 19.3. The molecule has 0 bridgehead atoms. The largest absolute Gasteiger partial charge is 0.305 e. The molecule has 2 rings (SSSR count). The lowest BCUT2D eigenvalue weighted by atomic mass is 10.0. The van der Waals surface area contributed by atoms with Gasteiger partial charge in [-0.25, -0.2) is 8.78 Å². The van der Waals surface area contributed by atoms with Gasteiger partial charge >= 0.3 is 0 Å². The molecule has 2 aromatic rings. The summed E-state index contributed by atoms with van der Waals surface area (Å²) in [6.45, 7) is 2.53. The van der Waals surface area contributed by atoms with Crippen LogP contribution in [0.2, 0.25) is 0 Å². The van der Waals surface area contributed by atoms with Crippen molar-refractivity contribution in [1.82, 2.24) is 10.3 Å². The van der Waals surface area contributed by atoms with E-state index in [9.17, 15) is 8.78 Å². The highest BCUT2D eigenvalue weighted by Crippen LogP contribution is 2.23. The summed E-state index contributed by atoms with van der Waals surface area (Å²) in [5.74, 6) is 0. The zero-order valence-electron chi connectivity index (χ0n) is 10.2. The molecule has 0 spiro atoms. The second-order valence-corrected chi connectivity index (χ2v) is 4.22. The summed E-state index contributed by atoms with van der Waals surface area (Å²) in [6.07, 6.45) is 0.0792. The molecule has 1 aromatic carbocycles. The van der Waals surface area contributed by atoms with Crippen LogP contribution in [0.1, 0.15) is 24.9 Å². The Labute approximate surface area is 105 Å². The third-order valence-electron chi connectivity index (χ3n) is 2.86. The van der Waals surface area contributed by atoms with E-state index < -0.39 is 12.5 Å². The quantitative estimate of drug-likeness (QED) is 0.878. The number of halogens is 2. The number of benzene rings is 1. The number of alkyl halides is 2. The highest BCUT2D eigenvalue weighted by molar-refractivity contribution is 5.79. The van der Waals surface area contributed by atoms with E-state index in [0.29, 0.717) is 12.1 Å². The van der Waals surface area contributed by atoms with E-state index in [1.54, 1.807) is 18.3 Å². The minimum Gasteiger partial charge on any atom is -0.305 e. The zero-order chi connectivity index (χ0) is 13.0. The van der Waals surface area contributed by atoms with Crippen molar-refractivity contribution in [2.24, 2.45) is 0 Å². The smallest absolute Gasteiger partial charge is 0.257 e. The maximum atomic E-state index is 13.0. The molecule has 1 aromatic heterocycles. The minimum atomic E-state index is -2.42. The van der Waals surface area contributed by atoms with Crippen molar-refractivity contribution in [3.8, 4) is 0 Å². The van der Waals surface area contributed by atoms with Gasteiger partial charge < -0.3 is 5.32 Å². The number of pyridine rings is 1. The number of aromatic nitrogens is 1.